The molecule has 4 heterocycles. The van der Waals surface area contributed by atoms with E-state index in [1.165, 1.54) is 6.33 Å². The topological polar surface area (TPSA) is 97.9 Å². The SMILES string of the molecule is Cc1noc(C)c1-c1cc(C[C@@H]2CCN(C(=O)c3ccncn3)C2)ncn1. The summed E-state index contributed by atoms with van der Waals surface area (Å²) in [6.45, 7) is 5.22. The Kier molecular flexibility index (Phi) is 4.62. The lowest BCUT2D eigenvalue weighted by atomic mass is 10.0. The van der Waals surface area contributed by atoms with Gasteiger partial charge in [-0.1, -0.05) is 5.16 Å². The van der Waals surface area contributed by atoms with Gasteiger partial charge in [0.1, 0.15) is 24.1 Å². The Balaban J connectivity index is 1.45. The highest BCUT2D eigenvalue weighted by Gasteiger charge is 2.28. The summed E-state index contributed by atoms with van der Waals surface area (Å²) >= 11 is 0. The monoisotopic (exact) mass is 364 g/mol. The molecule has 8 nitrogen and oxygen atoms in total. The predicted molar refractivity (Wildman–Crippen MR) is 96.7 cm³/mol. The maximum Gasteiger partial charge on any atom is 0.272 e. The molecule has 0 bridgehead atoms. The number of carbonyl (C=O) groups excluding carboxylic acids is 1. The highest BCUT2D eigenvalue weighted by atomic mass is 16.5. The van der Waals surface area contributed by atoms with E-state index in [0.717, 1.165) is 47.8 Å². The average molecular weight is 364 g/mol. The normalized spacial score (nSPS) is 16.7. The van der Waals surface area contributed by atoms with E-state index in [0.29, 0.717) is 18.2 Å². The van der Waals surface area contributed by atoms with Crippen molar-refractivity contribution in [2.24, 2.45) is 5.92 Å². The first-order valence-electron chi connectivity index (χ1n) is 8.91. The molecule has 4 rings (SSSR count). The van der Waals surface area contributed by atoms with E-state index in [1.807, 2.05) is 24.8 Å². The molecule has 0 aliphatic carbocycles. The van der Waals surface area contributed by atoms with Crippen LogP contribution in [0.15, 0.2) is 35.5 Å². The summed E-state index contributed by atoms with van der Waals surface area (Å²) in [6, 6.07) is 3.64. The highest BCUT2D eigenvalue weighted by Crippen LogP contribution is 2.27. The van der Waals surface area contributed by atoms with Crippen molar-refractivity contribution in [3.05, 3.63) is 53.8 Å². The van der Waals surface area contributed by atoms with E-state index in [2.05, 4.69) is 25.1 Å². The lowest BCUT2D eigenvalue weighted by Crippen LogP contribution is -2.29. The predicted octanol–water partition coefficient (Wildman–Crippen LogP) is 2.24. The van der Waals surface area contributed by atoms with Crippen LogP contribution in [0.3, 0.4) is 0 Å². The molecule has 3 aromatic rings. The van der Waals surface area contributed by atoms with Gasteiger partial charge in [-0.25, -0.2) is 19.9 Å². The standard InChI is InChI=1S/C19H20N6O2/c1-12-18(13(2)27-24-12)17-8-15(21-11-23-17)7-14-4-6-25(9-14)19(26)16-3-5-20-10-22-16/h3,5,8,10-11,14H,4,6-7,9H2,1-2H3/t14-/m0/s1. The third-order valence-corrected chi connectivity index (χ3v) is 4.89. The van der Waals surface area contributed by atoms with Crippen LogP contribution in [-0.4, -0.2) is 49.0 Å². The van der Waals surface area contributed by atoms with Crippen molar-refractivity contribution in [3.8, 4) is 11.3 Å². The van der Waals surface area contributed by atoms with E-state index in [9.17, 15) is 4.79 Å². The molecular weight excluding hydrogens is 344 g/mol. The van der Waals surface area contributed by atoms with Crippen molar-refractivity contribution in [2.45, 2.75) is 26.7 Å². The fourth-order valence-corrected chi connectivity index (χ4v) is 3.55. The molecule has 0 spiro atoms. The Morgan fingerprint density at radius 3 is 2.89 bits per heavy atom. The number of hydrogen-bond donors (Lipinski definition) is 0. The van der Waals surface area contributed by atoms with Gasteiger partial charge in [0.15, 0.2) is 0 Å². The molecule has 8 heteroatoms. The fraction of sp³-hybridized carbons (Fsp3) is 0.368. The zero-order valence-corrected chi connectivity index (χ0v) is 15.3. The highest BCUT2D eigenvalue weighted by molar-refractivity contribution is 5.92. The summed E-state index contributed by atoms with van der Waals surface area (Å²) in [5, 5.41) is 3.99. The van der Waals surface area contributed by atoms with Crippen molar-refractivity contribution in [3.63, 3.8) is 0 Å². The Morgan fingerprint density at radius 1 is 1.26 bits per heavy atom. The molecule has 3 aromatic heterocycles. The molecular formula is C19H20N6O2. The number of amides is 1. The molecule has 0 aromatic carbocycles. The summed E-state index contributed by atoms with van der Waals surface area (Å²) < 4.78 is 5.24. The van der Waals surface area contributed by atoms with Gasteiger partial charge in [0.25, 0.3) is 5.91 Å². The molecule has 1 amide bonds. The zero-order chi connectivity index (χ0) is 18.8. The maximum atomic E-state index is 12.5. The van der Waals surface area contributed by atoms with E-state index in [1.54, 1.807) is 18.6 Å². The van der Waals surface area contributed by atoms with E-state index in [4.69, 9.17) is 4.52 Å². The van der Waals surface area contributed by atoms with Crippen molar-refractivity contribution >= 4 is 5.91 Å². The number of likely N-dealkylation sites (tertiary alicyclic amines) is 1. The maximum absolute atomic E-state index is 12.5. The smallest absolute Gasteiger partial charge is 0.272 e. The minimum absolute atomic E-state index is 0.0426. The second kappa shape index (κ2) is 7.22. The molecule has 27 heavy (non-hydrogen) atoms. The van der Waals surface area contributed by atoms with Crippen LogP contribution in [-0.2, 0) is 6.42 Å². The third kappa shape index (κ3) is 3.55. The van der Waals surface area contributed by atoms with Gasteiger partial charge in [-0.05, 0) is 44.7 Å². The molecule has 1 aliphatic heterocycles. The zero-order valence-electron chi connectivity index (χ0n) is 15.3. The summed E-state index contributed by atoms with van der Waals surface area (Å²) in [5.74, 6) is 1.07. The molecule has 0 unspecified atom stereocenters. The van der Waals surface area contributed by atoms with Crippen molar-refractivity contribution in [2.75, 3.05) is 13.1 Å². The van der Waals surface area contributed by atoms with E-state index < -0.39 is 0 Å². The first kappa shape index (κ1) is 17.3. The Bertz CT molecular complexity index is 936. The van der Waals surface area contributed by atoms with Gasteiger partial charge in [-0.15, -0.1) is 0 Å². The van der Waals surface area contributed by atoms with Gasteiger partial charge >= 0.3 is 0 Å². The molecule has 1 saturated heterocycles. The summed E-state index contributed by atoms with van der Waals surface area (Å²) in [4.78, 5) is 31.1. The number of rotatable bonds is 4. The first-order chi connectivity index (χ1) is 13.1. The van der Waals surface area contributed by atoms with Crippen LogP contribution in [0.2, 0.25) is 0 Å². The third-order valence-electron chi connectivity index (χ3n) is 4.89. The Morgan fingerprint density at radius 2 is 2.15 bits per heavy atom. The van der Waals surface area contributed by atoms with Crippen molar-refractivity contribution in [1.29, 1.82) is 0 Å². The quantitative estimate of drug-likeness (QED) is 0.700. The van der Waals surface area contributed by atoms with Crippen LogP contribution in [0.4, 0.5) is 0 Å². The van der Waals surface area contributed by atoms with Crippen molar-refractivity contribution in [1.82, 2.24) is 30.0 Å². The molecule has 0 radical (unpaired) electrons. The lowest BCUT2D eigenvalue weighted by molar-refractivity contribution is 0.0781. The van der Waals surface area contributed by atoms with Gasteiger partial charge in [0, 0.05) is 25.0 Å². The van der Waals surface area contributed by atoms with Gasteiger partial charge in [0.05, 0.1) is 17.0 Å². The molecule has 1 aliphatic rings. The Hall–Kier alpha value is -3.16. The van der Waals surface area contributed by atoms with Crippen LogP contribution in [0, 0.1) is 19.8 Å². The van der Waals surface area contributed by atoms with Gasteiger partial charge in [-0.3, -0.25) is 4.79 Å². The second-order valence-electron chi connectivity index (χ2n) is 6.80. The summed E-state index contributed by atoms with van der Waals surface area (Å²) in [5.41, 5.74) is 3.96. The van der Waals surface area contributed by atoms with Crippen LogP contribution in [0.25, 0.3) is 11.3 Å². The fourth-order valence-electron chi connectivity index (χ4n) is 3.55. The molecule has 138 valence electrons. The molecule has 1 atom stereocenters. The van der Waals surface area contributed by atoms with Gasteiger partial charge in [-0.2, -0.15) is 0 Å². The molecule has 0 saturated carbocycles. The number of nitrogens with zero attached hydrogens (tertiary/aromatic N) is 6. The summed E-state index contributed by atoms with van der Waals surface area (Å²) in [7, 11) is 0. The van der Waals surface area contributed by atoms with Gasteiger partial charge < -0.3 is 9.42 Å². The van der Waals surface area contributed by atoms with Crippen LogP contribution < -0.4 is 0 Å². The minimum atomic E-state index is -0.0426. The summed E-state index contributed by atoms with van der Waals surface area (Å²) in [6.07, 6.45) is 6.31. The van der Waals surface area contributed by atoms with Crippen LogP contribution in [0.1, 0.15) is 34.1 Å². The number of aromatic nitrogens is 5. The lowest BCUT2D eigenvalue weighted by Gasteiger charge is -2.16. The number of hydrogen-bond acceptors (Lipinski definition) is 7. The molecule has 1 fully saturated rings. The number of carbonyl (C=O) groups is 1. The van der Waals surface area contributed by atoms with Crippen LogP contribution >= 0.6 is 0 Å². The molecule has 0 N–H and O–H groups in total. The second-order valence-corrected chi connectivity index (χ2v) is 6.80. The number of aryl methyl sites for hydroxylation is 2. The van der Waals surface area contributed by atoms with Gasteiger partial charge in [0.2, 0.25) is 0 Å². The minimum Gasteiger partial charge on any atom is -0.361 e. The largest absolute Gasteiger partial charge is 0.361 e. The Labute approximate surface area is 156 Å². The van der Waals surface area contributed by atoms with Crippen molar-refractivity contribution < 1.29 is 9.32 Å². The first-order valence-corrected chi connectivity index (χ1v) is 8.91. The van der Waals surface area contributed by atoms with E-state index >= 15 is 0 Å². The average Bonchev–Trinajstić information content (AvgIpc) is 3.28. The van der Waals surface area contributed by atoms with Crippen LogP contribution in [0.5, 0.6) is 0 Å². The van der Waals surface area contributed by atoms with E-state index in [-0.39, 0.29) is 5.91 Å².